The molecule has 0 aromatic heterocycles. The zero-order valence-corrected chi connectivity index (χ0v) is 12.7. The van der Waals surface area contributed by atoms with Crippen LogP contribution in [-0.4, -0.2) is 24.5 Å². The summed E-state index contributed by atoms with van der Waals surface area (Å²) >= 11 is 5.97. The molecule has 1 aromatic rings. The summed E-state index contributed by atoms with van der Waals surface area (Å²) < 4.78 is 0. The molecule has 106 valence electrons. The predicted octanol–water partition coefficient (Wildman–Crippen LogP) is 3.85. The molecule has 1 aromatic carbocycles. The molecule has 0 bridgehead atoms. The molecule has 0 saturated heterocycles. The Kier molecular flexibility index (Phi) is 5.26. The third-order valence-electron chi connectivity index (χ3n) is 4.21. The van der Waals surface area contributed by atoms with Crippen molar-refractivity contribution in [1.82, 2.24) is 4.90 Å². The summed E-state index contributed by atoms with van der Waals surface area (Å²) in [4.78, 5) is 2.42. The van der Waals surface area contributed by atoms with Crippen molar-refractivity contribution in [2.45, 2.75) is 44.7 Å². The molecule has 0 aliphatic heterocycles. The minimum absolute atomic E-state index is 0.118. The van der Waals surface area contributed by atoms with Crippen LogP contribution >= 0.6 is 11.6 Å². The van der Waals surface area contributed by atoms with Crippen LogP contribution in [-0.2, 0) is 0 Å². The van der Waals surface area contributed by atoms with Gasteiger partial charge in [-0.05, 0) is 50.4 Å². The summed E-state index contributed by atoms with van der Waals surface area (Å²) in [5.41, 5.74) is 7.47. The number of benzene rings is 1. The van der Waals surface area contributed by atoms with Gasteiger partial charge in [-0.3, -0.25) is 4.90 Å². The first-order chi connectivity index (χ1) is 9.08. The molecule has 0 spiro atoms. The monoisotopic (exact) mass is 280 g/mol. The second kappa shape index (κ2) is 6.74. The van der Waals surface area contributed by atoms with Gasteiger partial charge < -0.3 is 5.73 Å². The number of likely N-dealkylation sites (N-methyl/N-ethyl adjacent to an activating group) is 1. The van der Waals surface area contributed by atoms with Crippen LogP contribution in [0.2, 0.25) is 5.02 Å². The van der Waals surface area contributed by atoms with Gasteiger partial charge in [0.05, 0.1) is 0 Å². The van der Waals surface area contributed by atoms with Gasteiger partial charge in [0.2, 0.25) is 0 Å². The Morgan fingerprint density at radius 1 is 1.26 bits per heavy atom. The lowest BCUT2D eigenvalue weighted by Gasteiger charge is -2.33. The van der Waals surface area contributed by atoms with Gasteiger partial charge in [0.15, 0.2) is 0 Å². The van der Waals surface area contributed by atoms with Gasteiger partial charge in [-0.25, -0.2) is 0 Å². The highest BCUT2D eigenvalue weighted by molar-refractivity contribution is 6.30. The van der Waals surface area contributed by atoms with Crippen LogP contribution in [0, 0.1) is 5.92 Å². The first-order valence-corrected chi connectivity index (χ1v) is 7.67. The average Bonchev–Trinajstić information content (AvgIpc) is 2.84. The van der Waals surface area contributed by atoms with Crippen LogP contribution in [0.25, 0.3) is 0 Å². The van der Waals surface area contributed by atoms with Gasteiger partial charge >= 0.3 is 0 Å². The van der Waals surface area contributed by atoms with Crippen molar-refractivity contribution in [2.75, 3.05) is 13.6 Å². The topological polar surface area (TPSA) is 29.3 Å². The maximum Gasteiger partial charge on any atom is 0.0493 e. The van der Waals surface area contributed by atoms with Crippen LogP contribution < -0.4 is 5.73 Å². The lowest BCUT2D eigenvalue weighted by Crippen LogP contribution is -2.39. The van der Waals surface area contributed by atoms with Crippen molar-refractivity contribution >= 4 is 11.6 Å². The van der Waals surface area contributed by atoms with Crippen molar-refractivity contribution in [3.8, 4) is 0 Å². The molecular weight excluding hydrogens is 256 g/mol. The quantitative estimate of drug-likeness (QED) is 0.888. The van der Waals surface area contributed by atoms with E-state index in [0.29, 0.717) is 0 Å². The van der Waals surface area contributed by atoms with Crippen LogP contribution in [0.1, 0.15) is 44.2 Å². The van der Waals surface area contributed by atoms with Gasteiger partial charge in [-0.15, -0.1) is 0 Å². The van der Waals surface area contributed by atoms with E-state index in [4.69, 9.17) is 17.3 Å². The summed E-state index contributed by atoms with van der Waals surface area (Å²) in [5.74, 6) is 0.846. The number of nitrogens with zero attached hydrogens (tertiary/aromatic N) is 1. The molecule has 1 aliphatic rings. The molecule has 1 aliphatic carbocycles. The molecule has 19 heavy (non-hydrogen) atoms. The van der Waals surface area contributed by atoms with E-state index < -0.39 is 0 Å². The van der Waals surface area contributed by atoms with Gasteiger partial charge in [0.1, 0.15) is 0 Å². The summed E-state index contributed by atoms with van der Waals surface area (Å²) in [6.45, 7) is 3.24. The van der Waals surface area contributed by atoms with E-state index >= 15 is 0 Å². The van der Waals surface area contributed by atoms with Gasteiger partial charge in [0, 0.05) is 23.7 Å². The molecular formula is C16H25ClN2. The zero-order valence-electron chi connectivity index (χ0n) is 12.0. The van der Waals surface area contributed by atoms with Gasteiger partial charge in [-0.1, -0.05) is 36.6 Å². The van der Waals surface area contributed by atoms with E-state index in [0.717, 1.165) is 17.5 Å². The van der Waals surface area contributed by atoms with Crippen molar-refractivity contribution in [3.05, 3.63) is 34.9 Å². The lowest BCUT2D eigenvalue weighted by atomic mass is 9.98. The highest BCUT2D eigenvalue weighted by Crippen LogP contribution is 2.29. The van der Waals surface area contributed by atoms with E-state index in [-0.39, 0.29) is 12.1 Å². The summed E-state index contributed by atoms with van der Waals surface area (Å²) in [6.07, 6.45) is 5.53. The molecule has 0 radical (unpaired) electrons. The summed E-state index contributed by atoms with van der Waals surface area (Å²) in [7, 11) is 2.20. The Hall–Kier alpha value is -0.570. The van der Waals surface area contributed by atoms with Crippen LogP contribution in [0.15, 0.2) is 24.3 Å². The molecule has 0 heterocycles. The third kappa shape index (κ3) is 3.95. The molecule has 1 saturated carbocycles. The molecule has 1 fully saturated rings. The molecule has 2 rings (SSSR count). The number of hydrogen-bond acceptors (Lipinski definition) is 2. The smallest absolute Gasteiger partial charge is 0.0493 e. The number of nitrogens with two attached hydrogens (primary N) is 1. The largest absolute Gasteiger partial charge is 0.326 e. The lowest BCUT2D eigenvalue weighted by molar-refractivity contribution is 0.188. The second-order valence-electron chi connectivity index (χ2n) is 5.95. The zero-order chi connectivity index (χ0) is 13.8. The fourth-order valence-electron chi connectivity index (χ4n) is 3.33. The molecule has 3 heteroatoms. The van der Waals surface area contributed by atoms with Gasteiger partial charge in [0.25, 0.3) is 0 Å². The van der Waals surface area contributed by atoms with E-state index in [9.17, 15) is 0 Å². The van der Waals surface area contributed by atoms with Crippen LogP contribution in [0.5, 0.6) is 0 Å². The summed E-state index contributed by atoms with van der Waals surface area (Å²) in [5, 5.41) is 0.783. The van der Waals surface area contributed by atoms with Crippen molar-refractivity contribution in [1.29, 1.82) is 0 Å². The van der Waals surface area contributed by atoms with Crippen LogP contribution in [0.4, 0.5) is 0 Å². The van der Waals surface area contributed by atoms with E-state index in [1.807, 2.05) is 12.1 Å². The summed E-state index contributed by atoms with van der Waals surface area (Å²) in [6, 6.07) is 8.50. The van der Waals surface area contributed by atoms with Crippen LogP contribution in [0.3, 0.4) is 0 Å². The standard InChI is InChI=1S/C16H25ClN2/c1-12(18)16(14-7-9-15(17)10-8-14)19(2)11-13-5-3-4-6-13/h7-10,12-13,16H,3-6,11,18H2,1-2H3. The minimum atomic E-state index is 0.118. The predicted molar refractivity (Wildman–Crippen MR) is 82.4 cm³/mol. The average molecular weight is 281 g/mol. The normalized spacial score (nSPS) is 19.8. The maximum atomic E-state index is 6.21. The number of hydrogen-bond donors (Lipinski definition) is 1. The fourth-order valence-corrected chi connectivity index (χ4v) is 3.46. The Bertz CT molecular complexity index is 382. The number of halogens is 1. The Balaban J connectivity index is 2.07. The van der Waals surface area contributed by atoms with E-state index in [1.165, 1.54) is 31.2 Å². The Morgan fingerprint density at radius 2 is 1.84 bits per heavy atom. The molecule has 2 N–H and O–H groups in total. The second-order valence-corrected chi connectivity index (χ2v) is 6.38. The minimum Gasteiger partial charge on any atom is -0.326 e. The van der Waals surface area contributed by atoms with Crippen molar-refractivity contribution in [2.24, 2.45) is 11.7 Å². The SMILES string of the molecule is CC(N)C(c1ccc(Cl)cc1)N(C)CC1CCCC1. The molecule has 2 atom stereocenters. The Labute approximate surface area is 121 Å². The Morgan fingerprint density at radius 3 is 2.37 bits per heavy atom. The van der Waals surface area contributed by atoms with E-state index in [1.54, 1.807) is 0 Å². The first kappa shape index (κ1) is 14.8. The molecule has 2 nitrogen and oxygen atoms in total. The molecule has 0 amide bonds. The van der Waals surface area contributed by atoms with Crippen molar-refractivity contribution < 1.29 is 0 Å². The van der Waals surface area contributed by atoms with Gasteiger partial charge in [-0.2, -0.15) is 0 Å². The number of rotatable bonds is 5. The van der Waals surface area contributed by atoms with Crippen molar-refractivity contribution in [3.63, 3.8) is 0 Å². The highest BCUT2D eigenvalue weighted by Gasteiger charge is 2.25. The maximum absolute atomic E-state index is 6.21. The van der Waals surface area contributed by atoms with E-state index in [2.05, 4.69) is 31.0 Å². The first-order valence-electron chi connectivity index (χ1n) is 7.29. The third-order valence-corrected chi connectivity index (χ3v) is 4.46. The highest BCUT2D eigenvalue weighted by atomic mass is 35.5. The molecule has 2 unspecified atom stereocenters. The fraction of sp³-hybridized carbons (Fsp3) is 0.625.